The highest BCUT2D eigenvalue weighted by Gasteiger charge is 2.67. The number of esters is 4. The lowest BCUT2D eigenvalue weighted by molar-refractivity contribution is -0.173. The second-order valence-corrected chi connectivity index (χ2v) is 9.67. The molecule has 0 aromatic carbocycles. The Bertz CT molecular complexity index is 1070. The van der Waals surface area contributed by atoms with E-state index in [0.717, 1.165) is 5.57 Å². The van der Waals surface area contributed by atoms with Crippen LogP contribution in [0.4, 0.5) is 0 Å². The molecular weight excluding hydrogens is 468 g/mol. The summed E-state index contributed by atoms with van der Waals surface area (Å²) in [6, 6.07) is 0. The van der Waals surface area contributed by atoms with Crippen molar-refractivity contribution in [1.82, 2.24) is 0 Å². The summed E-state index contributed by atoms with van der Waals surface area (Å²) in [6.45, 7) is 7.05. The molecule has 194 valence electrons. The van der Waals surface area contributed by atoms with E-state index < -0.39 is 46.0 Å². The fourth-order valence-corrected chi connectivity index (χ4v) is 6.25. The normalized spacial score (nSPS) is 26.5. The molecule has 9 nitrogen and oxygen atoms in total. The second-order valence-electron chi connectivity index (χ2n) is 9.67. The molecule has 0 bridgehead atoms. The smallest absolute Gasteiger partial charge is 0.327 e. The lowest BCUT2D eigenvalue weighted by atomic mass is 9.65. The Kier molecular flexibility index (Phi) is 6.70. The van der Waals surface area contributed by atoms with Gasteiger partial charge in [-0.25, -0.2) is 0 Å². The standard InChI is InChI=1S/C27H32O9/c1-5-33-21(29)25(22(30)34-6-2)11-16-9-19-20(28)10-18-14-27(23(31)35-7-3,24(32)36-8-4)15-26(18,19)13-17(16)12-25/h10-11,13,19H,5-9,12,14-15H2,1-4H3. The van der Waals surface area contributed by atoms with Crippen LogP contribution in [0.15, 0.2) is 34.9 Å². The van der Waals surface area contributed by atoms with Crippen molar-refractivity contribution in [2.24, 2.45) is 22.2 Å². The highest BCUT2D eigenvalue weighted by atomic mass is 16.6. The van der Waals surface area contributed by atoms with Gasteiger partial charge in [0.05, 0.1) is 26.4 Å². The molecule has 4 aliphatic carbocycles. The lowest BCUT2D eigenvalue weighted by Gasteiger charge is -2.37. The first kappa shape index (κ1) is 25.9. The monoisotopic (exact) mass is 500 g/mol. The summed E-state index contributed by atoms with van der Waals surface area (Å²) in [4.78, 5) is 65.3. The number of carbonyl (C=O) groups excluding carboxylic acids is 5. The zero-order valence-electron chi connectivity index (χ0n) is 21.1. The average Bonchev–Trinajstić information content (AvgIpc) is 3.44. The zero-order valence-corrected chi connectivity index (χ0v) is 21.1. The van der Waals surface area contributed by atoms with Gasteiger partial charge in [-0.05, 0) is 64.2 Å². The van der Waals surface area contributed by atoms with Gasteiger partial charge >= 0.3 is 23.9 Å². The number of carbonyl (C=O) groups is 5. The molecule has 0 radical (unpaired) electrons. The molecule has 0 saturated heterocycles. The van der Waals surface area contributed by atoms with Gasteiger partial charge in [0.1, 0.15) is 0 Å². The Labute approximate surface area is 209 Å². The van der Waals surface area contributed by atoms with Crippen LogP contribution in [-0.2, 0) is 42.9 Å². The van der Waals surface area contributed by atoms with Gasteiger partial charge < -0.3 is 18.9 Å². The molecule has 4 rings (SSSR count). The minimum absolute atomic E-state index is 0.0244. The SMILES string of the molecule is CCOC(=O)C1(C(=O)OCC)C=C2CC3C(=O)C=C4CC(C(=O)OCC)(C(=O)OCC)CC43C=C2C1. The van der Waals surface area contributed by atoms with Gasteiger partial charge in [0.15, 0.2) is 16.6 Å². The molecule has 9 heteroatoms. The van der Waals surface area contributed by atoms with Crippen LogP contribution >= 0.6 is 0 Å². The Morgan fingerprint density at radius 2 is 1.31 bits per heavy atom. The molecule has 0 aromatic heterocycles. The van der Waals surface area contributed by atoms with E-state index >= 15 is 0 Å². The number of ketones is 1. The molecule has 0 N–H and O–H groups in total. The van der Waals surface area contributed by atoms with Crippen molar-refractivity contribution in [3.05, 3.63) is 34.9 Å². The van der Waals surface area contributed by atoms with E-state index in [1.54, 1.807) is 33.8 Å². The molecule has 1 fully saturated rings. The summed E-state index contributed by atoms with van der Waals surface area (Å²) in [5, 5.41) is 0. The van der Waals surface area contributed by atoms with Crippen LogP contribution in [0.2, 0.25) is 0 Å². The average molecular weight is 501 g/mol. The first-order chi connectivity index (χ1) is 17.1. The van der Waals surface area contributed by atoms with Crippen molar-refractivity contribution in [2.45, 2.75) is 53.4 Å². The number of allylic oxidation sites excluding steroid dienone is 5. The van der Waals surface area contributed by atoms with Crippen molar-refractivity contribution in [3.63, 3.8) is 0 Å². The van der Waals surface area contributed by atoms with Crippen molar-refractivity contribution < 1.29 is 42.9 Å². The molecule has 1 spiro atoms. The molecule has 0 heterocycles. The van der Waals surface area contributed by atoms with Gasteiger partial charge in [0.2, 0.25) is 0 Å². The lowest BCUT2D eigenvalue weighted by Crippen LogP contribution is -2.43. The zero-order chi connectivity index (χ0) is 26.3. The quantitative estimate of drug-likeness (QED) is 0.281. The van der Waals surface area contributed by atoms with Gasteiger partial charge in [0.25, 0.3) is 0 Å². The van der Waals surface area contributed by atoms with Gasteiger partial charge in [-0.1, -0.05) is 17.7 Å². The minimum Gasteiger partial charge on any atom is -0.465 e. The summed E-state index contributed by atoms with van der Waals surface area (Å²) in [5.41, 5.74) is -1.99. The summed E-state index contributed by atoms with van der Waals surface area (Å²) in [5.74, 6) is -3.40. The summed E-state index contributed by atoms with van der Waals surface area (Å²) in [6.07, 6.45) is 5.34. The summed E-state index contributed by atoms with van der Waals surface area (Å²) in [7, 11) is 0. The van der Waals surface area contributed by atoms with Crippen LogP contribution in [0, 0.1) is 22.2 Å². The van der Waals surface area contributed by atoms with E-state index in [4.69, 9.17) is 18.9 Å². The van der Waals surface area contributed by atoms with Gasteiger partial charge in [0, 0.05) is 17.8 Å². The van der Waals surface area contributed by atoms with Crippen LogP contribution in [0.25, 0.3) is 0 Å². The fraction of sp³-hybridized carbons (Fsp3) is 0.593. The molecule has 0 aliphatic heterocycles. The van der Waals surface area contributed by atoms with E-state index in [1.165, 1.54) is 6.08 Å². The van der Waals surface area contributed by atoms with Crippen LogP contribution in [0.5, 0.6) is 0 Å². The van der Waals surface area contributed by atoms with E-state index in [9.17, 15) is 24.0 Å². The molecule has 0 aromatic rings. The number of hydrogen-bond donors (Lipinski definition) is 0. The predicted molar refractivity (Wildman–Crippen MR) is 125 cm³/mol. The maximum atomic E-state index is 13.1. The van der Waals surface area contributed by atoms with E-state index in [-0.39, 0.29) is 57.9 Å². The second kappa shape index (κ2) is 9.33. The molecule has 2 unspecified atom stereocenters. The van der Waals surface area contributed by atoms with E-state index in [1.807, 2.05) is 6.08 Å². The van der Waals surface area contributed by atoms with Crippen molar-refractivity contribution in [3.8, 4) is 0 Å². The Balaban J connectivity index is 1.80. The third-order valence-corrected chi connectivity index (χ3v) is 7.74. The Hall–Kier alpha value is -3.23. The fourth-order valence-electron chi connectivity index (χ4n) is 6.25. The highest BCUT2D eigenvalue weighted by Crippen LogP contribution is 2.66. The molecular formula is C27H32O9. The van der Waals surface area contributed by atoms with Gasteiger partial charge in [-0.15, -0.1) is 0 Å². The largest absolute Gasteiger partial charge is 0.465 e. The summed E-state index contributed by atoms with van der Waals surface area (Å²) < 4.78 is 21.1. The minimum atomic E-state index is -1.63. The van der Waals surface area contributed by atoms with E-state index in [2.05, 4.69) is 0 Å². The van der Waals surface area contributed by atoms with Crippen LogP contribution in [0.3, 0.4) is 0 Å². The van der Waals surface area contributed by atoms with Crippen LogP contribution < -0.4 is 0 Å². The van der Waals surface area contributed by atoms with Crippen LogP contribution in [0.1, 0.15) is 53.4 Å². The Morgan fingerprint density at radius 3 is 1.83 bits per heavy atom. The van der Waals surface area contributed by atoms with E-state index in [0.29, 0.717) is 11.1 Å². The number of ether oxygens (including phenoxy) is 4. The third-order valence-electron chi connectivity index (χ3n) is 7.74. The topological polar surface area (TPSA) is 122 Å². The first-order valence-electron chi connectivity index (χ1n) is 12.5. The highest BCUT2D eigenvalue weighted by molar-refractivity contribution is 6.06. The Morgan fingerprint density at radius 1 is 0.778 bits per heavy atom. The molecule has 1 saturated carbocycles. The number of fused-ring (bicyclic) bond motifs is 1. The maximum absolute atomic E-state index is 13.1. The van der Waals surface area contributed by atoms with Crippen molar-refractivity contribution in [2.75, 3.05) is 26.4 Å². The molecule has 4 aliphatic rings. The third kappa shape index (κ3) is 3.62. The molecule has 2 atom stereocenters. The van der Waals surface area contributed by atoms with Gasteiger partial charge in [-0.3, -0.25) is 24.0 Å². The van der Waals surface area contributed by atoms with Crippen molar-refractivity contribution in [1.29, 1.82) is 0 Å². The van der Waals surface area contributed by atoms with Crippen molar-refractivity contribution >= 4 is 29.7 Å². The molecule has 36 heavy (non-hydrogen) atoms. The van der Waals surface area contributed by atoms with Crippen LogP contribution in [-0.4, -0.2) is 56.1 Å². The van der Waals surface area contributed by atoms with Gasteiger partial charge in [-0.2, -0.15) is 0 Å². The maximum Gasteiger partial charge on any atom is 0.327 e. The molecule has 0 amide bonds. The summed E-state index contributed by atoms with van der Waals surface area (Å²) >= 11 is 0. The number of rotatable bonds is 8. The predicted octanol–water partition coefficient (Wildman–Crippen LogP) is 2.78. The number of hydrogen-bond acceptors (Lipinski definition) is 9. The first-order valence-corrected chi connectivity index (χ1v) is 12.5.